The van der Waals surface area contributed by atoms with Gasteiger partial charge in [-0.1, -0.05) is 22.0 Å². The number of aliphatic carboxylic acids is 1. The quantitative estimate of drug-likeness (QED) is 0.621. The van der Waals surface area contributed by atoms with E-state index in [0.717, 1.165) is 23.4 Å². The standard InChI is InChI=1S/C13H12BrF3O3/c14-7-1-2-9-3-5-11(20-13(15,16)17)8-10(9)4-6-12(18)19/h3-6,8H,1-2,7H2,(H,18,19)/b6-4+. The lowest BCUT2D eigenvalue weighted by molar-refractivity contribution is -0.274. The van der Waals surface area contributed by atoms with Gasteiger partial charge >= 0.3 is 12.3 Å². The number of carboxylic acid groups (broad SMARTS) is 1. The molecule has 0 saturated heterocycles. The predicted molar refractivity (Wildman–Crippen MR) is 71.9 cm³/mol. The molecule has 0 heterocycles. The van der Waals surface area contributed by atoms with Gasteiger partial charge in [-0.3, -0.25) is 0 Å². The number of alkyl halides is 4. The molecule has 0 spiro atoms. The van der Waals surface area contributed by atoms with Crippen LogP contribution in [0.15, 0.2) is 24.3 Å². The van der Waals surface area contributed by atoms with Crippen LogP contribution in [-0.4, -0.2) is 22.8 Å². The van der Waals surface area contributed by atoms with Gasteiger partial charge in [-0.15, -0.1) is 13.2 Å². The molecule has 110 valence electrons. The first-order chi connectivity index (χ1) is 9.31. The Morgan fingerprint density at radius 1 is 1.40 bits per heavy atom. The number of benzene rings is 1. The number of hydrogen-bond acceptors (Lipinski definition) is 2. The maximum absolute atomic E-state index is 12.1. The summed E-state index contributed by atoms with van der Waals surface area (Å²) in [5, 5.41) is 9.34. The van der Waals surface area contributed by atoms with Crippen LogP contribution in [-0.2, 0) is 11.2 Å². The first-order valence-corrected chi connectivity index (χ1v) is 6.79. The minimum absolute atomic E-state index is 0.370. The van der Waals surface area contributed by atoms with Crippen LogP contribution in [0.2, 0.25) is 0 Å². The second-order valence-electron chi connectivity index (χ2n) is 3.87. The second kappa shape index (κ2) is 7.33. The Balaban J connectivity index is 3.04. The van der Waals surface area contributed by atoms with Crippen molar-refractivity contribution in [2.45, 2.75) is 19.2 Å². The average molecular weight is 353 g/mol. The molecule has 0 aliphatic heterocycles. The maximum Gasteiger partial charge on any atom is 0.573 e. The lowest BCUT2D eigenvalue weighted by Crippen LogP contribution is -2.17. The number of hydrogen-bond donors (Lipinski definition) is 1. The third-order valence-electron chi connectivity index (χ3n) is 2.34. The molecule has 1 aromatic carbocycles. The summed E-state index contributed by atoms with van der Waals surface area (Å²) in [5.74, 6) is -1.54. The summed E-state index contributed by atoms with van der Waals surface area (Å²) in [6, 6.07) is 3.90. The topological polar surface area (TPSA) is 46.5 Å². The normalized spacial score (nSPS) is 11.8. The summed E-state index contributed by atoms with van der Waals surface area (Å²) < 4.78 is 40.3. The van der Waals surface area contributed by atoms with E-state index < -0.39 is 12.3 Å². The van der Waals surface area contributed by atoms with E-state index in [0.29, 0.717) is 12.0 Å². The number of ether oxygens (including phenoxy) is 1. The zero-order valence-corrected chi connectivity index (χ0v) is 11.9. The van der Waals surface area contributed by atoms with Crippen LogP contribution in [0.1, 0.15) is 17.5 Å². The van der Waals surface area contributed by atoms with Gasteiger partial charge in [-0.05, 0) is 42.2 Å². The zero-order chi connectivity index (χ0) is 15.2. The van der Waals surface area contributed by atoms with Crippen molar-refractivity contribution in [1.82, 2.24) is 0 Å². The van der Waals surface area contributed by atoms with Crippen LogP contribution in [0, 0.1) is 0 Å². The van der Waals surface area contributed by atoms with Gasteiger partial charge in [-0.25, -0.2) is 4.79 Å². The minimum atomic E-state index is -4.77. The molecule has 0 aromatic heterocycles. The molecule has 0 radical (unpaired) electrons. The molecule has 0 aliphatic carbocycles. The van der Waals surface area contributed by atoms with E-state index in [4.69, 9.17) is 5.11 Å². The number of aryl methyl sites for hydroxylation is 1. The largest absolute Gasteiger partial charge is 0.573 e. The monoisotopic (exact) mass is 352 g/mol. The molecule has 0 atom stereocenters. The molecular formula is C13H12BrF3O3. The Hall–Kier alpha value is -1.50. The van der Waals surface area contributed by atoms with Crippen LogP contribution in [0.5, 0.6) is 5.75 Å². The van der Waals surface area contributed by atoms with Crippen LogP contribution in [0.4, 0.5) is 13.2 Å². The van der Waals surface area contributed by atoms with E-state index in [9.17, 15) is 18.0 Å². The van der Waals surface area contributed by atoms with Gasteiger partial charge in [-0.2, -0.15) is 0 Å². The molecule has 1 aromatic rings. The van der Waals surface area contributed by atoms with Crippen molar-refractivity contribution in [2.75, 3.05) is 5.33 Å². The molecule has 0 amide bonds. The summed E-state index contributed by atoms with van der Waals surface area (Å²) in [6.07, 6.45) is -1.23. The number of halogens is 4. The van der Waals surface area contributed by atoms with Gasteiger partial charge in [0.25, 0.3) is 0 Å². The highest BCUT2D eigenvalue weighted by Crippen LogP contribution is 2.26. The van der Waals surface area contributed by atoms with Gasteiger partial charge in [0.1, 0.15) is 5.75 Å². The smallest absolute Gasteiger partial charge is 0.478 e. The Morgan fingerprint density at radius 3 is 2.65 bits per heavy atom. The highest BCUT2D eigenvalue weighted by atomic mass is 79.9. The molecule has 7 heteroatoms. The second-order valence-corrected chi connectivity index (χ2v) is 4.67. The summed E-state index contributed by atoms with van der Waals surface area (Å²) in [4.78, 5) is 10.5. The van der Waals surface area contributed by atoms with E-state index in [-0.39, 0.29) is 5.75 Å². The van der Waals surface area contributed by atoms with Crippen molar-refractivity contribution in [2.24, 2.45) is 0 Å². The highest BCUT2D eigenvalue weighted by molar-refractivity contribution is 9.09. The fourth-order valence-corrected chi connectivity index (χ4v) is 1.85. The summed E-state index contributed by atoms with van der Waals surface area (Å²) in [6.45, 7) is 0. The van der Waals surface area contributed by atoms with Crippen molar-refractivity contribution in [3.05, 3.63) is 35.4 Å². The molecule has 20 heavy (non-hydrogen) atoms. The van der Waals surface area contributed by atoms with Crippen LogP contribution < -0.4 is 4.74 Å². The third kappa shape index (κ3) is 6.10. The fourth-order valence-electron chi connectivity index (χ4n) is 1.57. The van der Waals surface area contributed by atoms with E-state index in [1.807, 2.05) is 0 Å². The molecule has 1 N–H and O–H groups in total. The summed E-state index contributed by atoms with van der Waals surface area (Å²) in [5.41, 5.74) is 1.16. The van der Waals surface area contributed by atoms with E-state index >= 15 is 0 Å². The molecule has 3 nitrogen and oxygen atoms in total. The fraction of sp³-hybridized carbons (Fsp3) is 0.308. The summed E-state index contributed by atoms with van der Waals surface area (Å²) >= 11 is 3.26. The van der Waals surface area contributed by atoms with Crippen molar-refractivity contribution >= 4 is 28.0 Å². The molecule has 0 fully saturated rings. The molecule has 0 aliphatic rings. The average Bonchev–Trinajstić information content (AvgIpc) is 2.33. The first-order valence-electron chi connectivity index (χ1n) is 5.67. The Labute approximate surface area is 122 Å². The van der Waals surface area contributed by atoms with Crippen molar-refractivity contribution in [3.8, 4) is 5.75 Å². The molecule has 0 bridgehead atoms. The first kappa shape index (κ1) is 16.6. The van der Waals surface area contributed by atoms with Gasteiger partial charge in [0.2, 0.25) is 0 Å². The van der Waals surface area contributed by atoms with Crippen LogP contribution >= 0.6 is 15.9 Å². The molecule has 1 rings (SSSR count). The lowest BCUT2D eigenvalue weighted by atomic mass is 10.0. The van der Waals surface area contributed by atoms with Gasteiger partial charge in [0.15, 0.2) is 0 Å². The van der Waals surface area contributed by atoms with Gasteiger partial charge in [0.05, 0.1) is 0 Å². The van der Waals surface area contributed by atoms with Gasteiger partial charge < -0.3 is 9.84 Å². The minimum Gasteiger partial charge on any atom is -0.478 e. The zero-order valence-electron chi connectivity index (χ0n) is 10.3. The van der Waals surface area contributed by atoms with E-state index in [2.05, 4.69) is 20.7 Å². The van der Waals surface area contributed by atoms with Crippen molar-refractivity contribution in [3.63, 3.8) is 0 Å². The van der Waals surface area contributed by atoms with Crippen molar-refractivity contribution < 1.29 is 27.8 Å². The Morgan fingerprint density at radius 2 is 2.10 bits per heavy atom. The van der Waals surface area contributed by atoms with E-state index in [1.54, 1.807) is 0 Å². The molecule has 0 saturated carbocycles. The Kier molecular flexibility index (Phi) is 6.06. The number of carboxylic acids is 1. The molecular weight excluding hydrogens is 341 g/mol. The van der Waals surface area contributed by atoms with Crippen molar-refractivity contribution in [1.29, 1.82) is 0 Å². The Bertz CT molecular complexity index is 498. The maximum atomic E-state index is 12.1. The SMILES string of the molecule is O=C(O)/C=C/c1cc(OC(F)(F)F)ccc1CCCBr. The van der Waals surface area contributed by atoms with E-state index in [1.165, 1.54) is 24.3 Å². The van der Waals surface area contributed by atoms with Gasteiger partial charge in [0, 0.05) is 11.4 Å². The highest BCUT2D eigenvalue weighted by Gasteiger charge is 2.31. The number of rotatable bonds is 6. The predicted octanol–water partition coefficient (Wildman–Crippen LogP) is 4.01. The number of carbonyl (C=O) groups is 1. The van der Waals surface area contributed by atoms with Crippen LogP contribution in [0.25, 0.3) is 6.08 Å². The lowest BCUT2D eigenvalue weighted by Gasteiger charge is -2.11. The molecule has 0 unspecified atom stereocenters. The summed E-state index contributed by atoms with van der Waals surface area (Å²) in [7, 11) is 0. The third-order valence-corrected chi connectivity index (χ3v) is 2.90. The van der Waals surface area contributed by atoms with Crippen LogP contribution in [0.3, 0.4) is 0 Å².